The average molecular weight is 494 g/mol. The third kappa shape index (κ3) is 6.22. The molecule has 7 nitrogen and oxygen atoms in total. The number of thiophene rings is 1. The first-order valence-corrected chi connectivity index (χ1v) is 12.1. The number of rotatable bonds is 9. The summed E-state index contributed by atoms with van der Waals surface area (Å²) < 4.78 is 10.4. The molecule has 0 atom stereocenters. The number of nitrogens with zero attached hydrogens (tertiary/aromatic N) is 1. The van der Waals surface area contributed by atoms with Gasteiger partial charge in [-0.1, -0.05) is 60.7 Å². The van der Waals surface area contributed by atoms with Crippen molar-refractivity contribution in [3.63, 3.8) is 0 Å². The molecule has 0 aliphatic rings. The van der Waals surface area contributed by atoms with E-state index in [0.717, 1.165) is 16.2 Å². The average Bonchev–Trinajstić information content (AvgIpc) is 3.17. The maximum atomic E-state index is 13.5. The highest BCUT2D eigenvalue weighted by molar-refractivity contribution is 7.19. The van der Waals surface area contributed by atoms with Crippen LogP contribution < -0.4 is 4.90 Å². The van der Waals surface area contributed by atoms with Gasteiger partial charge >= 0.3 is 11.9 Å². The van der Waals surface area contributed by atoms with E-state index in [0.29, 0.717) is 16.7 Å². The summed E-state index contributed by atoms with van der Waals surface area (Å²) in [6.07, 6.45) is -0.120. The molecular weight excluding hydrogens is 466 g/mol. The summed E-state index contributed by atoms with van der Waals surface area (Å²) in [5.74, 6) is -2.37. The van der Waals surface area contributed by atoms with Gasteiger partial charge in [-0.3, -0.25) is 9.59 Å². The molecule has 0 saturated heterocycles. The number of esters is 2. The lowest BCUT2D eigenvalue weighted by atomic mass is 10.1. The zero-order valence-electron chi connectivity index (χ0n) is 19.9. The summed E-state index contributed by atoms with van der Waals surface area (Å²) in [6, 6.07) is 18.0. The number of hydrogen-bond donors (Lipinski definition) is 0. The van der Waals surface area contributed by atoms with Gasteiger partial charge in [-0.15, -0.1) is 11.3 Å². The van der Waals surface area contributed by atoms with Crippen LogP contribution >= 0.6 is 11.3 Å². The SMILES string of the molecule is CCOC(=O)c1sc(N(C(=O)Cc2ccccc2)C(=O)Cc2ccccc2)c(C(=O)OCC)c1C. The zero-order chi connectivity index (χ0) is 25.4. The van der Waals surface area contributed by atoms with Crippen molar-refractivity contribution in [2.75, 3.05) is 18.1 Å². The quantitative estimate of drug-likeness (QED) is 0.400. The minimum absolute atomic E-state index is 0.0164. The highest BCUT2D eigenvalue weighted by Gasteiger charge is 2.34. The van der Waals surface area contributed by atoms with E-state index in [1.54, 1.807) is 69.3 Å². The molecular formula is C27H27NO6S. The van der Waals surface area contributed by atoms with Crippen LogP contribution in [0.25, 0.3) is 0 Å². The van der Waals surface area contributed by atoms with Crippen molar-refractivity contribution < 1.29 is 28.7 Å². The van der Waals surface area contributed by atoms with E-state index >= 15 is 0 Å². The van der Waals surface area contributed by atoms with Crippen molar-refractivity contribution >= 4 is 40.1 Å². The molecule has 3 aromatic rings. The Morgan fingerprint density at radius 3 is 1.66 bits per heavy atom. The lowest BCUT2D eigenvalue weighted by molar-refractivity contribution is -0.125. The molecule has 0 N–H and O–H groups in total. The smallest absolute Gasteiger partial charge is 0.348 e. The van der Waals surface area contributed by atoms with Crippen LogP contribution in [0.4, 0.5) is 5.00 Å². The molecule has 2 aromatic carbocycles. The summed E-state index contributed by atoms with van der Waals surface area (Å²) in [6.45, 7) is 5.15. The highest BCUT2D eigenvalue weighted by Crippen LogP contribution is 2.38. The number of anilines is 1. The van der Waals surface area contributed by atoms with Crippen molar-refractivity contribution in [2.45, 2.75) is 33.6 Å². The van der Waals surface area contributed by atoms with Crippen LogP contribution in [-0.4, -0.2) is 37.0 Å². The molecule has 0 fully saturated rings. The van der Waals surface area contributed by atoms with E-state index < -0.39 is 23.8 Å². The van der Waals surface area contributed by atoms with Gasteiger partial charge < -0.3 is 9.47 Å². The van der Waals surface area contributed by atoms with E-state index in [1.165, 1.54) is 0 Å². The number of carbonyl (C=O) groups excluding carboxylic acids is 4. The van der Waals surface area contributed by atoms with Crippen molar-refractivity contribution in [3.05, 3.63) is 87.8 Å². The largest absolute Gasteiger partial charge is 0.462 e. The van der Waals surface area contributed by atoms with E-state index in [9.17, 15) is 19.2 Å². The van der Waals surface area contributed by atoms with E-state index in [1.807, 2.05) is 12.1 Å². The Labute approximate surface area is 208 Å². The standard InChI is InChI=1S/C27H27NO6S/c1-4-33-26(31)23-18(3)24(27(32)34-5-2)35-25(23)28(21(29)16-19-12-8-6-9-13-19)22(30)17-20-14-10-7-11-15-20/h6-15H,4-5,16-17H2,1-3H3. The maximum absolute atomic E-state index is 13.5. The van der Waals surface area contributed by atoms with Gasteiger partial charge in [0.1, 0.15) is 9.88 Å². The molecule has 1 heterocycles. The van der Waals surface area contributed by atoms with Gasteiger partial charge in [-0.2, -0.15) is 0 Å². The van der Waals surface area contributed by atoms with Gasteiger partial charge in [0.15, 0.2) is 0 Å². The predicted octanol–water partition coefficient (Wildman–Crippen LogP) is 4.75. The Morgan fingerprint density at radius 2 is 1.20 bits per heavy atom. The van der Waals surface area contributed by atoms with Crippen LogP contribution in [0.5, 0.6) is 0 Å². The summed E-state index contributed by atoms with van der Waals surface area (Å²) in [5.41, 5.74) is 1.76. The minimum atomic E-state index is -0.711. The number of carbonyl (C=O) groups is 4. The lowest BCUT2D eigenvalue weighted by Crippen LogP contribution is -2.39. The number of imide groups is 1. The second-order valence-electron chi connectivity index (χ2n) is 7.62. The van der Waals surface area contributed by atoms with Gasteiger partial charge in [0.2, 0.25) is 11.8 Å². The fourth-order valence-corrected chi connectivity index (χ4v) is 4.78. The molecule has 1 aromatic heterocycles. The number of benzene rings is 2. The third-order valence-corrected chi connectivity index (χ3v) is 6.42. The Balaban J connectivity index is 2.12. The predicted molar refractivity (Wildman–Crippen MR) is 134 cm³/mol. The molecule has 3 rings (SSSR count). The second kappa shape index (κ2) is 12.1. The van der Waals surface area contributed by atoms with Crippen LogP contribution in [0.1, 0.15) is 50.6 Å². The van der Waals surface area contributed by atoms with Crippen LogP contribution in [0.3, 0.4) is 0 Å². The van der Waals surface area contributed by atoms with Crippen LogP contribution in [0.2, 0.25) is 0 Å². The minimum Gasteiger partial charge on any atom is -0.462 e. The first-order chi connectivity index (χ1) is 16.9. The molecule has 0 aliphatic heterocycles. The van der Waals surface area contributed by atoms with E-state index in [2.05, 4.69) is 0 Å². The summed E-state index contributed by atoms with van der Waals surface area (Å²) in [4.78, 5) is 53.8. The highest BCUT2D eigenvalue weighted by atomic mass is 32.1. The molecule has 35 heavy (non-hydrogen) atoms. The van der Waals surface area contributed by atoms with Crippen LogP contribution in [0.15, 0.2) is 60.7 Å². The van der Waals surface area contributed by atoms with Crippen LogP contribution in [0, 0.1) is 6.92 Å². The van der Waals surface area contributed by atoms with Crippen molar-refractivity contribution in [1.82, 2.24) is 0 Å². The number of amides is 2. The molecule has 0 saturated carbocycles. The Kier molecular flexibility index (Phi) is 8.92. The van der Waals surface area contributed by atoms with Crippen molar-refractivity contribution in [1.29, 1.82) is 0 Å². The van der Waals surface area contributed by atoms with Crippen molar-refractivity contribution in [3.8, 4) is 0 Å². The Hall–Kier alpha value is -3.78. The van der Waals surface area contributed by atoms with Gasteiger partial charge in [0.25, 0.3) is 0 Å². The van der Waals surface area contributed by atoms with E-state index in [4.69, 9.17) is 9.47 Å². The Morgan fingerprint density at radius 1 is 0.743 bits per heavy atom. The van der Waals surface area contributed by atoms with Crippen molar-refractivity contribution in [2.24, 2.45) is 0 Å². The normalized spacial score (nSPS) is 10.5. The first kappa shape index (κ1) is 25.8. The fourth-order valence-electron chi connectivity index (χ4n) is 3.56. The summed E-state index contributed by atoms with van der Waals surface area (Å²) >= 11 is 0.883. The Bertz CT molecular complexity index is 1150. The summed E-state index contributed by atoms with van der Waals surface area (Å²) in [5, 5.41) is 0.0610. The summed E-state index contributed by atoms with van der Waals surface area (Å²) in [7, 11) is 0. The molecule has 0 unspecified atom stereocenters. The van der Waals surface area contributed by atoms with Gasteiger partial charge in [-0.25, -0.2) is 14.5 Å². The molecule has 0 radical (unpaired) electrons. The molecule has 2 amide bonds. The molecule has 0 spiro atoms. The van der Waals surface area contributed by atoms with Gasteiger partial charge in [0, 0.05) is 0 Å². The van der Waals surface area contributed by atoms with Gasteiger partial charge in [0.05, 0.1) is 31.6 Å². The van der Waals surface area contributed by atoms with Gasteiger partial charge in [-0.05, 0) is 37.5 Å². The zero-order valence-corrected chi connectivity index (χ0v) is 20.7. The first-order valence-electron chi connectivity index (χ1n) is 11.3. The third-order valence-electron chi connectivity index (χ3n) is 5.17. The molecule has 0 aliphatic carbocycles. The molecule has 182 valence electrons. The second-order valence-corrected chi connectivity index (χ2v) is 8.62. The fraction of sp³-hybridized carbons (Fsp3) is 0.259. The topological polar surface area (TPSA) is 90.0 Å². The molecule has 8 heteroatoms. The monoisotopic (exact) mass is 493 g/mol. The lowest BCUT2D eigenvalue weighted by Gasteiger charge is -2.21. The number of ether oxygens (including phenoxy) is 2. The van der Waals surface area contributed by atoms with E-state index in [-0.39, 0.29) is 41.5 Å². The maximum Gasteiger partial charge on any atom is 0.348 e. The van der Waals surface area contributed by atoms with Crippen LogP contribution in [-0.2, 0) is 31.9 Å². The molecule has 0 bridgehead atoms. The number of hydrogen-bond acceptors (Lipinski definition) is 7.